The van der Waals surface area contributed by atoms with E-state index in [1.807, 2.05) is 20.8 Å². The van der Waals surface area contributed by atoms with Gasteiger partial charge in [0.15, 0.2) is 5.69 Å². The van der Waals surface area contributed by atoms with Crippen LogP contribution in [0.5, 0.6) is 0 Å². The largest absolute Gasteiger partial charge is 0.364 e. The average Bonchev–Trinajstić information content (AvgIpc) is 3.06. The lowest BCUT2D eigenvalue weighted by Gasteiger charge is -2.21. The molecule has 2 aromatic rings. The Morgan fingerprint density at radius 2 is 2.05 bits per heavy atom. The third kappa shape index (κ3) is 2.67. The molecular weight excluding hydrogens is 246 g/mol. The Labute approximate surface area is 111 Å². The SMILES string of the molecule is CC(C)c1cc(C(=O)N(C)[C@H](C)c2ccon2)no1. The first-order valence-electron chi connectivity index (χ1n) is 6.14. The molecule has 2 aromatic heterocycles. The van der Waals surface area contributed by atoms with Gasteiger partial charge in [-0.25, -0.2) is 0 Å². The van der Waals surface area contributed by atoms with E-state index in [0.717, 1.165) is 0 Å². The van der Waals surface area contributed by atoms with Crippen LogP contribution in [0.15, 0.2) is 27.4 Å². The van der Waals surface area contributed by atoms with Crippen molar-refractivity contribution in [3.05, 3.63) is 35.5 Å². The Morgan fingerprint density at radius 3 is 2.58 bits per heavy atom. The van der Waals surface area contributed by atoms with Crippen LogP contribution in [-0.2, 0) is 0 Å². The summed E-state index contributed by atoms with van der Waals surface area (Å²) in [6.07, 6.45) is 1.48. The van der Waals surface area contributed by atoms with E-state index < -0.39 is 0 Å². The minimum absolute atomic E-state index is 0.189. The van der Waals surface area contributed by atoms with Gasteiger partial charge in [-0.1, -0.05) is 24.2 Å². The highest BCUT2D eigenvalue weighted by Gasteiger charge is 2.24. The third-order valence-electron chi connectivity index (χ3n) is 3.10. The lowest BCUT2D eigenvalue weighted by molar-refractivity contribution is 0.0727. The van der Waals surface area contributed by atoms with Crippen LogP contribution in [0.25, 0.3) is 0 Å². The maximum Gasteiger partial charge on any atom is 0.276 e. The van der Waals surface area contributed by atoms with Gasteiger partial charge in [-0.2, -0.15) is 0 Å². The molecule has 0 aromatic carbocycles. The Morgan fingerprint density at radius 1 is 1.32 bits per heavy atom. The second kappa shape index (κ2) is 5.26. The van der Waals surface area contributed by atoms with E-state index in [-0.39, 0.29) is 17.9 Å². The van der Waals surface area contributed by atoms with Crippen molar-refractivity contribution in [2.75, 3.05) is 7.05 Å². The van der Waals surface area contributed by atoms with Crippen molar-refractivity contribution >= 4 is 5.91 Å². The quantitative estimate of drug-likeness (QED) is 0.847. The lowest BCUT2D eigenvalue weighted by Crippen LogP contribution is -2.30. The van der Waals surface area contributed by atoms with Gasteiger partial charge < -0.3 is 13.9 Å². The average molecular weight is 263 g/mol. The van der Waals surface area contributed by atoms with Crippen LogP contribution in [0.2, 0.25) is 0 Å². The molecule has 2 rings (SSSR count). The number of hydrogen-bond acceptors (Lipinski definition) is 5. The Bertz CT molecular complexity index is 545. The van der Waals surface area contributed by atoms with Crippen LogP contribution in [0, 0.1) is 0 Å². The number of nitrogens with zero attached hydrogens (tertiary/aromatic N) is 3. The fourth-order valence-electron chi connectivity index (χ4n) is 1.65. The van der Waals surface area contributed by atoms with Gasteiger partial charge >= 0.3 is 0 Å². The molecule has 2 heterocycles. The zero-order chi connectivity index (χ0) is 14.0. The predicted octanol–water partition coefficient (Wildman–Crippen LogP) is 2.62. The van der Waals surface area contributed by atoms with Gasteiger partial charge in [0, 0.05) is 25.1 Å². The van der Waals surface area contributed by atoms with Gasteiger partial charge in [0.25, 0.3) is 5.91 Å². The molecule has 0 spiro atoms. The van der Waals surface area contributed by atoms with Crippen molar-refractivity contribution in [3.8, 4) is 0 Å². The molecule has 0 N–H and O–H groups in total. The van der Waals surface area contributed by atoms with Crippen molar-refractivity contribution in [2.45, 2.75) is 32.7 Å². The summed E-state index contributed by atoms with van der Waals surface area (Å²) in [6, 6.07) is 3.22. The molecule has 102 valence electrons. The lowest BCUT2D eigenvalue weighted by atomic mass is 10.1. The molecule has 0 fully saturated rings. The van der Waals surface area contributed by atoms with E-state index in [1.165, 1.54) is 6.26 Å². The van der Waals surface area contributed by atoms with Crippen LogP contribution in [0.1, 0.15) is 54.7 Å². The fourth-order valence-corrected chi connectivity index (χ4v) is 1.65. The van der Waals surface area contributed by atoms with Gasteiger partial charge in [0.1, 0.15) is 17.7 Å². The van der Waals surface area contributed by atoms with E-state index in [4.69, 9.17) is 9.05 Å². The summed E-state index contributed by atoms with van der Waals surface area (Å²) in [6.45, 7) is 5.84. The van der Waals surface area contributed by atoms with Gasteiger partial charge in [-0.3, -0.25) is 4.79 Å². The molecule has 0 bridgehead atoms. The highest BCUT2D eigenvalue weighted by Crippen LogP contribution is 2.20. The second-order valence-corrected chi connectivity index (χ2v) is 4.79. The number of carbonyl (C=O) groups excluding carboxylic acids is 1. The number of aromatic nitrogens is 2. The zero-order valence-electron chi connectivity index (χ0n) is 11.5. The molecule has 19 heavy (non-hydrogen) atoms. The minimum Gasteiger partial charge on any atom is -0.364 e. The number of hydrogen-bond donors (Lipinski definition) is 0. The maximum atomic E-state index is 12.3. The maximum absolute atomic E-state index is 12.3. The minimum atomic E-state index is -0.203. The van der Waals surface area contributed by atoms with Crippen LogP contribution in [0.4, 0.5) is 0 Å². The first kappa shape index (κ1) is 13.3. The highest BCUT2D eigenvalue weighted by atomic mass is 16.5. The summed E-state index contributed by atoms with van der Waals surface area (Å²) >= 11 is 0. The first-order chi connectivity index (χ1) is 9.00. The van der Waals surface area contributed by atoms with Gasteiger partial charge in [0.05, 0.1) is 6.04 Å². The Kier molecular flexibility index (Phi) is 3.69. The van der Waals surface area contributed by atoms with Crippen molar-refractivity contribution < 1.29 is 13.8 Å². The summed E-state index contributed by atoms with van der Waals surface area (Å²) in [5.41, 5.74) is 1.00. The van der Waals surface area contributed by atoms with Crippen LogP contribution in [0.3, 0.4) is 0 Å². The smallest absolute Gasteiger partial charge is 0.276 e. The van der Waals surface area contributed by atoms with Crippen LogP contribution < -0.4 is 0 Å². The van der Waals surface area contributed by atoms with E-state index in [1.54, 1.807) is 24.1 Å². The highest BCUT2D eigenvalue weighted by molar-refractivity contribution is 5.92. The Balaban J connectivity index is 2.14. The summed E-state index contributed by atoms with van der Waals surface area (Å²) < 4.78 is 9.92. The van der Waals surface area contributed by atoms with Crippen molar-refractivity contribution in [1.82, 2.24) is 15.2 Å². The normalized spacial score (nSPS) is 12.7. The molecule has 0 saturated carbocycles. The fraction of sp³-hybridized carbons (Fsp3) is 0.462. The van der Waals surface area contributed by atoms with Crippen molar-refractivity contribution in [2.24, 2.45) is 0 Å². The monoisotopic (exact) mass is 263 g/mol. The Hall–Kier alpha value is -2.11. The van der Waals surface area contributed by atoms with Crippen LogP contribution in [-0.4, -0.2) is 28.2 Å². The molecule has 6 heteroatoms. The molecule has 0 radical (unpaired) electrons. The summed E-state index contributed by atoms with van der Waals surface area (Å²) in [7, 11) is 1.70. The van der Waals surface area contributed by atoms with Crippen molar-refractivity contribution in [1.29, 1.82) is 0 Å². The molecule has 0 aliphatic carbocycles. The first-order valence-corrected chi connectivity index (χ1v) is 6.14. The molecule has 0 aliphatic heterocycles. The van der Waals surface area contributed by atoms with E-state index in [0.29, 0.717) is 17.1 Å². The third-order valence-corrected chi connectivity index (χ3v) is 3.10. The molecular formula is C13H17N3O3. The molecule has 1 amide bonds. The van der Waals surface area contributed by atoms with E-state index in [9.17, 15) is 4.79 Å². The number of amides is 1. The second-order valence-electron chi connectivity index (χ2n) is 4.79. The van der Waals surface area contributed by atoms with Gasteiger partial charge in [-0.05, 0) is 6.92 Å². The van der Waals surface area contributed by atoms with Crippen LogP contribution >= 0.6 is 0 Å². The summed E-state index contributed by atoms with van der Waals surface area (Å²) in [5.74, 6) is 0.698. The summed E-state index contributed by atoms with van der Waals surface area (Å²) in [4.78, 5) is 13.8. The van der Waals surface area contributed by atoms with Gasteiger partial charge in [0.2, 0.25) is 0 Å². The molecule has 0 saturated heterocycles. The predicted molar refractivity (Wildman–Crippen MR) is 67.6 cm³/mol. The molecule has 6 nitrogen and oxygen atoms in total. The molecule has 1 atom stereocenters. The van der Waals surface area contributed by atoms with E-state index in [2.05, 4.69) is 10.3 Å². The van der Waals surface area contributed by atoms with E-state index >= 15 is 0 Å². The topological polar surface area (TPSA) is 72.4 Å². The molecule has 0 unspecified atom stereocenters. The van der Waals surface area contributed by atoms with Crippen molar-refractivity contribution in [3.63, 3.8) is 0 Å². The number of rotatable bonds is 4. The standard InChI is InChI=1S/C13H17N3O3/c1-8(2)12-7-11(15-19-12)13(17)16(4)9(3)10-5-6-18-14-10/h5-9H,1-4H3/t9-/m1/s1. The van der Waals surface area contributed by atoms with Gasteiger partial charge in [-0.15, -0.1) is 0 Å². The number of carbonyl (C=O) groups is 1. The summed E-state index contributed by atoms with van der Waals surface area (Å²) in [5, 5.41) is 7.65. The molecule has 0 aliphatic rings. The zero-order valence-corrected chi connectivity index (χ0v) is 11.5.